The highest BCUT2D eigenvalue weighted by molar-refractivity contribution is 6.07. The number of nitrogens with one attached hydrogen (secondary N) is 2. The molecule has 0 fully saturated rings. The van der Waals surface area contributed by atoms with Crippen LogP contribution < -0.4 is 0 Å². The summed E-state index contributed by atoms with van der Waals surface area (Å²) in [6.45, 7) is 25.3. The van der Waals surface area contributed by atoms with Gasteiger partial charge in [-0.25, -0.2) is 29.9 Å². The van der Waals surface area contributed by atoms with Gasteiger partial charge in [-0.15, -0.1) is 0 Å². The van der Waals surface area contributed by atoms with E-state index in [1.807, 2.05) is 0 Å². The fourth-order valence-corrected chi connectivity index (χ4v) is 10.0. The Morgan fingerprint density at radius 3 is 0.600 bits per heavy atom. The topological polar surface area (TPSA) is 183 Å². The Hall–Kier alpha value is -6.08. The molecule has 5 heterocycles. The first-order chi connectivity index (χ1) is 39.3. The summed E-state index contributed by atoms with van der Waals surface area (Å²) in [5.41, 5.74) is 13.7. The minimum Gasteiger partial charge on any atom is -0.377 e. The van der Waals surface area contributed by atoms with Gasteiger partial charge in [0, 0.05) is 96.7 Å². The SMILES string of the molecule is CCCOCc1cc2c(cc1COCCC)-c1nc-2nc2[nH]c(nc3nc(nc4[nH]c(n1)c1cc(COCCC)c(COCCC)cc41)-c1cc(COCCC)c(COCCC)cc1-3)c1cc(COCCC)c(COCCC)cc21. The van der Waals surface area contributed by atoms with Crippen LogP contribution in [0.2, 0.25) is 0 Å². The number of hydrogen-bond acceptors (Lipinski definition) is 14. The van der Waals surface area contributed by atoms with E-state index in [0.717, 1.165) is 140 Å². The zero-order chi connectivity index (χ0) is 55.8. The molecule has 2 aliphatic heterocycles. The molecule has 2 aliphatic rings. The first-order valence-electron chi connectivity index (χ1n) is 29.4. The Kier molecular flexibility index (Phi) is 21.3. The summed E-state index contributed by atoms with van der Waals surface area (Å²) in [4.78, 5) is 40.1. The number of rotatable bonds is 32. The van der Waals surface area contributed by atoms with E-state index in [1.54, 1.807) is 0 Å². The van der Waals surface area contributed by atoms with Crippen molar-refractivity contribution in [2.45, 2.75) is 160 Å². The largest absolute Gasteiger partial charge is 0.377 e. The Balaban J connectivity index is 1.41. The number of fused-ring (bicyclic) bond motifs is 20. The van der Waals surface area contributed by atoms with Gasteiger partial charge in [-0.1, -0.05) is 55.4 Å². The van der Waals surface area contributed by atoms with Crippen LogP contribution in [-0.4, -0.2) is 92.7 Å². The molecule has 16 nitrogen and oxygen atoms in total. The summed E-state index contributed by atoms with van der Waals surface area (Å²) in [6.07, 6.45) is 7.19. The third-order valence-corrected chi connectivity index (χ3v) is 14.0. The van der Waals surface area contributed by atoms with E-state index in [4.69, 9.17) is 67.8 Å². The Morgan fingerprint density at radius 1 is 0.250 bits per heavy atom. The fourth-order valence-electron chi connectivity index (χ4n) is 10.0. The second-order valence-corrected chi connectivity index (χ2v) is 20.7. The molecule has 0 amide bonds. The van der Waals surface area contributed by atoms with Gasteiger partial charge < -0.3 is 47.9 Å². The van der Waals surface area contributed by atoms with Crippen molar-refractivity contribution in [2.75, 3.05) is 52.9 Å². The monoisotopic (exact) mass is 1090 g/mol. The first kappa shape index (κ1) is 58.6. The lowest BCUT2D eigenvalue weighted by atomic mass is 9.99. The summed E-state index contributed by atoms with van der Waals surface area (Å²) in [7, 11) is 0. The zero-order valence-electron chi connectivity index (χ0n) is 48.5. The molecule has 0 radical (unpaired) electrons. The molecular weight excluding hydrogens is 1010 g/mol. The molecule has 0 saturated heterocycles. The minimum absolute atomic E-state index is 0.408. The fraction of sp³-hybridized carbons (Fsp3) is 0.500. The van der Waals surface area contributed by atoms with Gasteiger partial charge in [0.1, 0.15) is 22.6 Å². The molecule has 0 unspecified atom stereocenters. The summed E-state index contributed by atoms with van der Waals surface area (Å²) in [5.74, 6) is 1.99. The average Bonchev–Trinajstić information content (AvgIpc) is 4.23. The van der Waals surface area contributed by atoms with E-state index in [1.165, 1.54) is 0 Å². The number of benzene rings is 4. The lowest BCUT2D eigenvalue weighted by Crippen LogP contribution is -2.03. The van der Waals surface area contributed by atoms with Gasteiger partial charge in [0.15, 0.2) is 23.3 Å². The van der Waals surface area contributed by atoms with E-state index >= 15 is 0 Å². The van der Waals surface area contributed by atoms with Gasteiger partial charge in [0.05, 0.1) is 52.9 Å². The Labute approximate surface area is 471 Å². The molecule has 0 atom stereocenters. The molecule has 80 heavy (non-hydrogen) atoms. The summed E-state index contributed by atoms with van der Waals surface area (Å²) in [6, 6.07) is 17.3. The maximum atomic E-state index is 6.25. The summed E-state index contributed by atoms with van der Waals surface area (Å²) < 4.78 is 50.0. The average molecular weight is 1090 g/mol. The van der Waals surface area contributed by atoms with Crippen molar-refractivity contribution in [3.8, 4) is 45.6 Å². The smallest absolute Gasteiger partial charge is 0.164 e. The second kappa shape index (κ2) is 29.1. The molecule has 426 valence electrons. The van der Waals surface area contributed by atoms with Crippen molar-refractivity contribution >= 4 is 44.1 Å². The molecule has 4 aromatic carbocycles. The van der Waals surface area contributed by atoms with E-state index in [2.05, 4.69) is 114 Å². The molecule has 0 aliphatic carbocycles. The minimum atomic E-state index is 0.408. The summed E-state index contributed by atoms with van der Waals surface area (Å²) in [5, 5.41) is 3.42. The number of hydrogen-bond donors (Lipinski definition) is 2. The van der Waals surface area contributed by atoms with E-state index < -0.39 is 0 Å². The lowest BCUT2D eigenvalue weighted by Gasteiger charge is -2.13. The van der Waals surface area contributed by atoms with Crippen LogP contribution in [0.15, 0.2) is 48.5 Å². The van der Waals surface area contributed by atoms with Crippen LogP contribution in [-0.2, 0) is 90.7 Å². The van der Waals surface area contributed by atoms with Crippen LogP contribution in [0.1, 0.15) is 151 Å². The van der Waals surface area contributed by atoms with Crippen molar-refractivity contribution in [2.24, 2.45) is 0 Å². The van der Waals surface area contributed by atoms with Crippen molar-refractivity contribution in [3.05, 3.63) is 93.0 Å². The van der Waals surface area contributed by atoms with Gasteiger partial charge in [-0.05, 0) is 144 Å². The summed E-state index contributed by atoms with van der Waals surface area (Å²) >= 11 is 0. The van der Waals surface area contributed by atoms with Gasteiger partial charge in [-0.2, -0.15) is 0 Å². The normalized spacial score (nSPS) is 12.1. The number of aromatic nitrogens is 8. The van der Waals surface area contributed by atoms with Crippen molar-refractivity contribution < 1.29 is 37.9 Å². The van der Waals surface area contributed by atoms with Crippen molar-refractivity contribution in [1.29, 1.82) is 0 Å². The highest BCUT2D eigenvalue weighted by Crippen LogP contribution is 2.41. The zero-order valence-corrected chi connectivity index (χ0v) is 48.5. The predicted molar refractivity (Wildman–Crippen MR) is 316 cm³/mol. The lowest BCUT2D eigenvalue weighted by molar-refractivity contribution is 0.108. The maximum absolute atomic E-state index is 6.25. The molecule has 8 bridgehead atoms. The molecule has 9 rings (SSSR count). The van der Waals surface area contributed by atoms with Gasteiger partial charge in [0.2, 0.25) is 0 Å². The number of H-pyrrole nitrogens is 2. The standard InChI is InChI=1S/C64H82N8O8/c1-9-17-73-33-41-25-49-50(26-42(41)34-74-18-10-2)58-65-57(49)69-59-51-27-43(35-75-19-11-3)44(36-76-20-12-4)28-52(51)61(66-59)71-63-55-31-47(39-79-23-15-7)48(40-80-24-16-8)32-56(55)64(68-63)72-62-54-30-46(38-78-22-14-6)45(37-77-21-13-5)29-53(54)60(67-62)70-58/h25-32H,9-24,33-40H2,1-8H3,(H2,65,66,67,68,69,70,71,72). The first-order valence-corrected chi connectivity index (χ1v) is 29.4. The Morgan fingerprint density at radius 2 is 0.425 bits per heavy atom. The van der Waals surface area contributed by atoms with E-state index in [9.17, 15) is 0 Å². The van der Waals surface area contributed by atoms with Crippen LogP contribution in [0.3, 0.4) is 0 Å². The van der Waals surface area contributed by atoms with Gasteiger partial charge in [0.25, 0.3) is 0 Å². The number of nitrogens with zero attached hydrogens (tertiary/aromatic N) is 6. The van der Waals surface area contributed by atoms with Crippen molar-refractivity contribution in [3.63, 3.8) is 0 Å². The second-order valence-electron chi connectivity index (χ2n) is 20.7. The molecule has 3 aromatic heterocycles. The van der Waals surface area contributed by atoms with Crippen molar-refractivity contribution in [1.82, 2.24) is 39.9 Å². The molecule has 16 heteroatoms. The molecule has 0 spiro atoms. The third-order valence-electron chi connectivity index (χ3n) is 14.0. The quantitative estimate of drug-likeness (QED) is 0.0380. The van der Waals surface area contributed by atoms with Crippen LogP contribution in [0.5, 0.6) is 0 Å². The van der Waals surface area contributed by atoms with E-state index in [0.29, 0.717) is 152 Å². The molecule has 7 aromatic rings. The predicted octanol–water partition coefficient (Wildman–Crippen LogP) is 14.3. The Bertz CT molecular complexity index is 2960. The van der Waals surface area contributed by atoms with Crippen LogP contribution in [0.4, 0.5) is 0 Å². The number of aromatic amines is 2. The van der Waals surface area contributed by atoms with Crippen LogP contribution in [0.25, 0.3) is 89.7 Å². The number of ether oxygens (including phenoxy) is 8. The maximum Gasteiger partial charge on any atom is 0.164 e. The van der Waals surface area contributed by atoms with E-state index in [-0.39, 0.29) is 0 Å². The third kappa shape index (κ3) is 13.8. The van der Waals surface area contributed by atoms with Gasteiger partial charge >= 0.3 is 0 Å². The molecular formula is C64H82N8O8. The van der Waals surface area contributed by atoms with Crippen LogP contribution >= 0.6 is 0 Å². The van der Waals surface area contributed by atoms with Gasteiger partial charge in [-0.3, -0.25) is 0 Å². The van der Waals surface area contributed by atoms with Crippen LogP contribution in [0, 0.1) is 0 Å². The molecule has 2 N–H and O–H groups in total. The molecule has 0 saturated carbocycles. The highest BCUT2D eigenvalue weighted by Gasteiger charge is 2.27. The highest BCUT2D eigenvalue weighted by atomic mass is 16.5.